The van der Waals surface area contributed by atoms with Gasteiger partial charge in [0.2, 0.25) is 5.60 Å². The van der Waals surface area contributed by atoms with E-state index in [-0.39, 0.29) is 18.6 Å². The van der Waals surface area contributed by atoms with Crippen LogP contribution in [0.4, 0.5) is 13.2 Å². The minimum absolute atomic E-state index is 0.0500. The van der Waals surface area contributed by atoms with Crippen molar-refractivity contribution in [2.75, 3.05) is 20.1 Å². The summed E-state index contributed by atoms with van der Waals surface area (Å²) in [4.78, 5) is 1.88. The van der Waals surface area contributed by atoms with E-state index in [1.807, 2.05) is 11.9 Å². The van der Waals surface area contributed by atoms with Crippen LogP contribution in [0.1, 0.15) is 18.4 Å². The van der Waals surface area contributed by atoms with E-state index >= 15 is 0 Å². The molecule has 3 nitrogen and oxygen atoms in total. The number of halogens is 3. The van der Waals surface area contributed by atoms with Gasteiger partial charge >= 0.3 is 6.18 Å². The molecule has 0 saturated carbocycles. The molecule has 1 aliphatic rings. The van der Waals surface area contributed by atoms with E-state index in [0.29, 0.717) is 19.6 Å². The summed E-state index contributed by atoms with van der Waals surface area (Å²) < 4.78 is 45.5. The molecule has 0 unspecified atom stereocenters. The van der Waals surface area contributed by atoms with Crippen LogP contribution in [-0.4, -0.2) is 36.8 Å². The zero-order chi connectivity index (χ0) is 14.8. The Morgan fingerprint density at radius 2 is 1.75 bits per heavy atom. The summed E-state index contributed by atoms with van der Waals surface area (Å²) in [5.74, 6) is 0.240. The fraction of sp³-hybridized carbons (Fsp3) is 0.571. The molecule has 0 bridgehead atoms. The summed E-state index contributed by atoms with van der Waals surface area (Å²) in [5, 5.41) is 0. The molecule has 0 spiro atoms. The smallest absolute Gasteiger partial charge is 0.428 e. The van der Waals surface area contributed by atoms with Gasteiger partial charge in [0.1, 0.15) is 5.75 Å². The zero-order valence-corrected chi connectivity index (χ0v) is 11.4. The van der Waals surface area contributed by atoms with Gasteiger partial charge in [0.05, 0.1) is 0 Å². The Balaban J connectivity index is 2.19. The molecule has 1 aromatic carbocycles. The van der Waals surface area contributed by atoms with Gasteiger partial charge in [-0.1, -0.05) is 12.1 Å². The zero-order valence-electron chi connectivity index (χ0n) is 11.4. The third-order valence-corrected chi connectivity index (χ3v) is 3.78. The van der Waals surface area contributed by atoms with Crippen LogP contribution in [0.2, 0.25) is 0 Å². The van der Waals surface area contributed by atoms with Crippen molar-refractivity contribution in [3.8, 4) is 5.75 Å². The van der Waals surface area contributed by atoms with Gasteiger partial charge in [0.15, 0.2) is 0 Å². The topological polar surface area (TPSA) is 38.5 Å². The largest absolute Gasteiger partial charge is 0.478 e. The number of rotatable bonds is 3. The Bertz CT molecular complexity index is 437. The minimum atomic E-state index is -4.37. The molecule has 1 aromatic rings. The van der Waals surface area contributed by atoms with E-state index < -0.39 is 11.8 Å². The average molecular weight is 288 g/mol. The SMILES string of the molecule is CN1CCC(Oc2ccc(CN)cc2)(C(F)(F)F)CC1. The minimum Gasteiger partial charge on any atom is -0.478 e. The third kappa shape index (κ3) is 3.07. The van der Waals surface area contributed by atoms with E-state index in [0.717, 1.165) is 5.56 Å². The number of piperidine rings is 1. The third-order valence-electron chi connectivity index (χ3n) is 3.78. The van der Waals surface area contributed by atoms with Crippen molar-refractivity contribution < 1.29 is 17.9 Å². The van der Waals surface area contributed by atoms with E-state index in [4.69, 9.17) is 10.5 Å². The second-order valence-corrected chi connectivity index (χ2v) is 5.25. The summed E-state index contributed by atoms with van der Waals surface area (Å²) in [6.07, 6.45) is -4.47. The molecule has 6 heteroatoms. The van der Waals surface area contributed by atoms with E-state index in [1.165, 1.54) is 0 Å². The standard InChI is InChI=1S/C14H19F3N2O/c1-19-8-6-13(7-9-19,14(15,16)17)20-12-4-2-11(10-18)3-5-12/h2-5H,6-10,18H2,1H3. The highest BCUT2D eigenvalue weighted by Crippen LogP contribution is 2.41. The number of likely N-dealkylation sites (tertiary alicyclic amines) is 1. The lowest BCUT2D eigenvalue weighted by atomic mass is 9.90. The first-order chi connectivity index (χ1) is 9.36. The number of ether oxygens (including phenoxy) is 1. The normalized spacial score (nSPS) is 19.9. The predicted molar refractivity (Wildman–Crippen MR) is 70.5 cm³/mol. The van der Waals surface area contributed by atoms with Gasteiger partial charge in [-0.25, -0.2) is 0 Å². The monoisotopic (exact) mass is 288 g/mol. The van der Waals surface area contributed by atoms with Gasteiger partial charge in [-0.05, 0) is 24.7 Å². The van der Waals surface area contributed by atoms with Crippen LogP contribution in [0.25, 0.3) is 0 Å². The van der Waals surface area contributed by atoms with Crippen LogP contribution in [0.5, 0.6) is 5.75 Å². The van der Waals surface area contributed by atoms with Crippen molar-refractivity contribution in [1.82, 2.24) is 4.90 Å². The molecule has 20 heavy (non-hydrogen) atoms. The molecule has 0 amide bonds. The molecular weight excluding hydrogens is 269 g/mol. The van der Waals surface area contributed by atoms with Gasteiger partial charge in [-0.15, -0.1) is 0 Å². The Labute approximate surface area is 116 Å². The van der Waals surface area contributed by atoms with Gasteiger partial charge in [-0.2, -0.15) is 13.2 Å². The lowest BCUT2D eigenvalue weighted by Gasteiger charge is -2.41. The Kier molecular flexibility index (Phi) is 4.25. The number of nitrogens with two attached hydrogens (primary N) is 1. The maximum Gasteiger partial charge on any atom is 0.428 e. The highest BCUT2D eigenvalue weighted by atomic mass is 19.4. The lowest BCUT2D eigenvalue weighted by molar-refractivity contribution is -0.260. The highest BCUT2D eigenvalue weighted by molar-refractivity contribution is 5.28. The number of benzene rings is 1. The molecule has 2 rings (SSSR count). The summed E-state index contributed by atoms with van der Waals surface area (Å²) in [6.45, 7) is 1.11. The predicted octanol–water partition coefficient (Wildman–Crippen LogP) is 2.55. The fourth-order valence-corrected chi connectivity index (χ4v) is 2.34. The highest BCUT2D eigenvalue weighted by Gasteiger charge is 2.57. The molecule has 0 aliphatic carbocycles. The van der Waals surface area contributed by atoms with Crippen LogP contribution in [-0.2, 0) is 6.54 Å². The second-order valence-electron chi connectivity index (χ2n) is 5.25. The van der Waals surface area contributed by atoms with Crippen molar-refractivity contribution in [2.24, 2.45) is 5.73 Å². The van der Waals surface area contributed by atoms with E-state index in [9.17, 15) is 13.2 Å². The van der Waals surface area contributed by atoms with Crippen molar-refractivity contribution in [1.29, 1.82) is 0 Å². The lowest BCUT2D eigenvalue weighted by Crippen LogP contribution is -2.56. The molecule has 1 saturated heterocycles. The van der Waals surface area contributed by atoms with Crippen LogP contribution < -0.4 is 10.5 Å². The Morgan fingerprint density at radius 3 is 2.20 bits per heavy atom. The van der Waals surface area contributed by atoms with Crippen LogP contribution >= 0.6 is 0 Å². The molecular formula is C14H19F3N2O. The molecule has 1 fully saturated rings. The number of hydrogen-bond acceptors (Lipinski definition) is 3. The average Bonchev–Trinajstić information content (AvgIpc) is 2.41. The first-order valence-corrected chi connectivity index (χ1v) is 6.60. The number of hydrogen-bond donors (Lipinski definition) is 1. The fourth-order valence-electron chi connectivity index (χ4n) is 2.34. The van der Waals surface area contributed by atoms with Crippen molar-refractivity contribution in [3.05, 3.63) is 29.8 Å². The van der Waals surface area contributed by atoms with Gasteiger partial charge in [-0.3, -0.25) is 0 Å². The molecule has 2 N–H and O–H groups in total. The quantitative estimate of drug-likeness (QED) is 0.929. The first-order valence-electron chi connectivity index (χ1n) is 6.60. The maximum absolute atomic E-state index is 13.4. The van der Waals surface area contributed by atoms with Crippen molar-refractivity contribution in [3.63, 3.8) is 0 Å². The van der Waals surface area contributed by atoms with E-state index in [1.54, 1.807) is 24.3 Å². The second kappa shape index (κ2) is 5.61. The van der Waals surface area contributed by atoms with Crippen molar-refractivity contribution >= 4 is 0 Å². The van der Waals surface area contributed by atoms with Crippen LogP contribution in [0.3, 0.4) is 0 Å². The summed E-state index contributed by atoms with van der Waals surface area (Å²) in [7, 11) is 1.82. The molecule has 1 heterocycles. The van der Waals surface area contributed by atoms with Gasteiger partial charge in [0, 0.05) is 32.5 Å². The van der Waals surface area contributed by atoms with Gasteiger partial charge < -0.3 is 15.4 Å². The van der Waals surface area contributed by atoms with Crippen LogP contribution in [0.15, 0.2) is 24.3 Å². The van der Waals surface area contributed by atoms with Gasteiger partial charge in [0.25, 0.3) is 0 Å². The summed E-state index contributed by atoms with van der Waals surface area (Å²) >= 11 is 0. The van der Waals surface area contributed by atoms with Crippen molar-refractivity contribution in [2.45, 2.75) is 31.2 Å². The maximum atomic E-state index is 13.4. The Morgan fingerprint density at radius 1 is 1.20 bits per heavy atom. The molecule has 0 atom stereocenters. The number of nitrogens with zero attached hydrogens (tertiary/aromatic N) is 1. The van der Waals surface area contributed by atoms with E-state index in [2.05, 4.69) is 0 Å². The summed E-state index contributed by atoms with van der Waals surface area (Å²) in [6, 6.07) is 6.48. The molecule has 0 aromatic heterocycles. The molecule has 0 radical (unpaired) electrons. The summed E-state index contributed by atoms with van der Waals surface area (Å²) in [5.41, 5.74) is 4.25. The van der Waals surface area contributed by atoms with Crippen LogP contribution in [0, 0.1) is 0 Å². The Hall–Kier alpha value is -1.27. The molecule has 112 valence electrons. The number of alkyl halides is 3. The first kappa shape index (κ1) is 15.1. The molecule has 1 aliphatic heterocycles.